The molecule has 1 aliphatic rings. The van der Waals surface area contributed by atoms with Crippen LogP contribution in [-0.2, 0) is 14.4 Å². The number of para-hydroxylation sites is 1. The summed E-state index contributed by atoms with van der Waals surface area (Å²) in [5, 5.41) is 5.21. The van der Waals surface area contributed by atoms with Crippen molar-refractivity contribution in [3.05, 3.63) is 75.8 Å². The predicted molar refractivity (Wildman–Crippen MR) is 161 cm³/mol. The van der Waals surface area contributed by atoms with Crippen molar-refractivity contribution in [1.29, 1.82) is 0 Å². The lowest BCUT2D eigenvalue weighted by molar-refractivity contribution is -0.122. The highest BCUT2D eigenvalue weighted by Crippen LogP contribution is 2.38. The standard InChI is InChI=1S/C30H27Cl2N3O8/c1-4-11-42-23-10-9-18(15-24(23)40-2)35-29(38)19(28(37)34-30(35)39)12-17-13-21(32)27(25(14-17)41-3)43-16-26(36)33-22-8-6-5-7-20(22)31/h5-10,12-15H,4,11,16H2,1-3H3,(H,33,36)(H,34,37,39)/b19-12-. The van der Waals surface area contributed by atoms with Crippen molar-refractivity contribution in [2.75, 3.05) is 37.7 Å². The molecule has 13 heteroatoms. The van der Waals surface area contributed by atoms with E-state index in [1.807, 2.05) is 6.92 Å². The predicted octanol–water partition coefficient (Wildman–Crippen LogP) is 5.48. The van der Waals surface area contributed by atoms with Gasteiger partial charge in [0.2, 0.25) is 0 Å². The van der Waals surface area contributed by atoms with E-state index in [1.54, 1.807) is 30.3 Å². The van der Waals surface area contributed by atoms with Gasteiger partial charge in [-0.1, -0.05) is 42.3 Å². The molecule has 0 aromatic heterocycles. The minimum atomic E-state index is -0.925. The second-order valence-corrected chi connectivity index (χ2v) is 9.81. The number of ether oxygens (including phenoxy) is 4. The molecule has 0 atom stereocenters. The number of urea groups is 1. The van der Waals surface area contributed by atoms with Gasteiger partial charge in [-0.05, 0) is 54.5 Å². The zero-order valence-electron chi connectivity index (χ0n) is 23.4. The number of anilines is 2. The number of benzene rings is 3. The Labute approximate surface area is 257 Å². The number of barbiturate groups is 1. The monoisotopic (exact) mass is 627 g/mol. The Kier molecular flexibility index (Phi) is 10.1. The third kappa shape index (κ3) is 7.19. The quantitative estimate of drug-likeness (QED) is 0.211. The van der Waals surface area contributed by atoms with E-state index in [0.717, 1.165) is 11.3 Å². The number of nitrogens with one attached hydrogen (secondary N) is 2. The van der Waals surface area contributed by atoms with Gasteiger partial charge < -0.3 is 24.3 Å². The Morgan fingerprint density at radius 1 is 0.930 bits per heavy atom. The number of carbonyl (C=O) groups excluding carboxylic acids is 4. The Bertz CT molecular complexity index is 1610. The van der Waals surface area contributed by atoms with E-state index >= 15 is 0 Å². The fourth-order valence-electron chi connectivity index (χ4n) is 4.04. The van der Waals surface area contributed by atoms with Crippen LogP contribution in [0.1, 0.15) is 18.9 Å². The molecule has 5 amide bonds. The summed E-state index contributed by atoms with van der Waals surface area (Å²) in [5.41, 5.74) is 0.537. The molecule has 0 spiro atoms. The van der Waals surface area contributed by atoms with Crippen molar-refractivity contribution in [3.63, 3.8) is 0 Å². The van der Waals surface area contributed by atoms with Gasteiger partial charge in [0.05, 0.1) is 42.2 Å². The first-order chi connectivity index (χ1) is 20.7. The van der Waals surface area contributed by atoms with Crippen LogP contribution < -0.4 is 34.5 Å². The molecule has 1 saturated heterocycles. The SMILES string of the molecule is CCCOc1ccc(N2C(=O)NC(=O)/C(=C/c3cc(Cl)c(OCC(=O)Nc4ccccc4Cl)c(OC)c3)C2=O)cc1OC. The van der Waals surface area contributed by atoms with Crippen molar-refractivity contribution in [2.24, 2.45) is 0 Å². The summed E-state index contributed by atoms with van der Waals surface area (Å²) in [6.07, 6.45) is 2.03. The van der Waals surface area contributed by atoms with Crippen molar-refractivity contribution in [3.8, 4) is 23.0 Å². The molecule has 1 fully saturated rings. The van der Waals surface area contributed by atoms with E-state index in [4.69, 9.17) is 42.1 Å². The Balaban J connectivity index is 1.57. The average Bonchev–Trinajstić information content (AvgIpc) is 2.98. The van der Waals surface area contributed by atoms with Gasteiger partial charge in [0.25, 0.3) is 17.7 Å². The Hall–Kier alpha value is -4.74. The van der Waals surface area contributed by atoms with Crippen LogP contribution in [0, 0.1) is 0 Å². The van der Waals surface area contributed by atoms with Crippen molar-refractivity contribution in [1.82, 2.24) is 5.32 Å². The number of nitrogens with zero attached hydrogens (tertiary/aromatic N) is 1. The number of hydrogen-bond donors (Lipinski definition) is 2. The summed E-state index contributed by atoms with van der Waals surface area (Å²) >= 11 is 12.5. The number of halogens is 2. The first-order valence-electron chi connectivity index (χ1n) is 12.9. The molecular formula is C30H27Cl2N3O8. The van der Waals surface area contributed by atoms with Gasteiger partial charge in [0.1, 0.15) is 5.57 Å². The molecule has 0 aliphatic carbocycles. The zero-order chi connectivity index (χ0) is 31.1. The summed E-state index contributed by atoms with van der Waals surface area (Å²) in [7, 11) is 2.79. The summed E-state index contributed by atoms with van der Waals surface area (Å²) in [6, 6.07) is 13.2. The van der Waals surface area contributed by atoms with E-state index in [2.05, 4.69) is 10.6 Å². The van der Waals surface area contributed by atoms with Crippen LogP contribution in [0.4, 0.5) is 16.2 Å². The largest absolute Gasteiger partial charge is 0.493 e. The highest BCUT2D eigenvalue weighted by atomic mass is 35.5. The highest BCUT2D eigenvalue weighted by molar-refractivity contribution is 6.39. The van der Waals surface area contributed by atoms with Crippen LogP contribution in [0.3, 0.4) is 0 Å². The lowest BCUT2D eigenvalue weighted by Crippen LogP contribution is -2.54. The second kappa shape index (κ2) is 14.0. The fraction of sp³-hybridized carbons (Fsp3) is 0.200. The molecule has 43 heavy (non-hydrogen) atoms. The molecule has 0 saturated carbocycles. The summed E-state index contributed by atoms with van der Waals surface area (Å²) < 4.78 is 22.0. The maximum Gasteiger partial charge on any atom is 0.335 e. The van der Waals surface area contributed by atoms with Crippen LogP contribution in [-0.4, -0.2) is 51.2 Å². The smallest absolute Gasteiger partial charge is 0.335 e. The van der Waals surface area contributed by atoms with Gasteiger partial charge in [-0.3, -0.25) is 19.7 Å². The molecule has 4 rings (SSSR count). The molecule has 3 aromatic carbocycles. The van der Waals surface area contributed by atoms with Gasteiger partial charge >= 0.3 is 6.03 Å². The van der Waals surface area contributed by atoms with E-state index < -0.39 is 30.4 Å². The van der Waals surface area contributed by atoms with Crippen LogP contribution >= 0.6 is 23.2 Å². The number of rotatable bonds is 11. The fourth-order valence-corrected chi connectivity index (χ4v) is 4.49. The molecule has 0 radical (unpaired) electrons. The van der Waals surface area contributed by atoms with Gasteiger partial charge in [-0.2, -0.15) is 0 Å². The van der Waals surface area contributed by atoms with Gasteiger partial charge in [-0.15, -0.1) is 0 Å². The Morgan fingerprint density at radius 3 is 2.37 bits per heavy atom. The zero-order valence-corrected chi connectivity index (χ0v) is 24.9. The number of carbonyl (C=O) groups is 4. The molecule has 224 valence electrons. The normalized spacial score (nSPS) is 13.9. The lowest BCUT2D eigenvalue weighted by atomic mass is 10.1. The van der Waals surface area contributed by atoms with Crippen molar-refractivity contribution >= 4 is 64.4 Å². The minimum Gasteiger partial charge on any atom is -0.493 e. The van der Waals surface area contributed by atoms with Gasteiger partial charge in [0.15, 0.2) is 29.6 Å². The summed E-state index contributed by atoms with van der Waals surface area (Å²) in [5.74, 6) is -1.31. The Morgan fingerprint density at radius 2 is 1.67 bits per heavy atom. The third-order valence-corrected chi connectivity index (χ3v) is 6.64. The maximum absolute atomic E-state index is 13.4. The van der Waals surface area contributed by atoms with Crippen LogP contribution in [0.25, 0.3) is 6.08 Å². The van der Waals surface area contributed by atoms with Crippen molar-refractivity contribution < 1.29 is 38.1 Å². The number of hydrogen-bond acceptors (Lipinski definition) is 8. The van der Waals surface area contributed by atoms with Crippen LogP contribution in [0.5, 0.6) is 23.0 Å². The van der Waals surface area contributed by atoms with E-state index in [0.29, 0.717) is 34.4 Å². The minimum absolute atomic E-state index is 0.0424. The molecular weight excluding hydrogens is 601 g/mol. The molecule has 1 heterocycles. The maximum atomic E-state index is 13.4. The highest BCUT2D eigenvalue weighted by Gasteiger charge is 2.37. The van der Waals surface area contributed by atoms with E-state index in [9.17, 15) is 19.2 Å². The summed E-state index contributed by atoms with van der Waals surface area (Å²) in [4.78, 5) is 52.1. The molecule has 11 nitrogen and oxygen atoms in total. The molecule has 1 aliphatic heterocycles. The summed E-state index contributed by atoms with van der Waals surface area (Å²) in [6.45, 7) is 1.99. The number of imide groups is 2. The first-order valence-corrected chi connectivity index (χ1v) is 13.7. The average molecular weight is 628 g/mol. The molecule has 0 bridgehead atoms. The van der Waals surface area contributed by atoms with Gasteiger partial charge in [0, 0.05) is 6.07 Å². The third-order valence-electron chi connectivity index (χ3n) is 6.03. The van der Waals surface area contributed by atoms with Crippen LogP contribution in [0.15, 0.2) is 60.2 Å². The van der Waals surface area contributed by atoms with Crippen molar-refractivity contribution in [2.45, 2.75) is 13.3 Å². The molecule has 2 N–H and O–H groups in total. The van der Waals surface area contributed by atoms with E-state index in [1.165, 1.54) is 44.6 Å². The van der Waals surface area contributed by atoms with Crippen LogP contribution in [0.2, 0.25) is 10.0 Å². The molecule has 3 aromatic rings. The second-order valence-electron chi connectivity index (χ2n) is 8.99. The molecule has 0 unspecified atom stereocenters. The lowest BCUT2D eigenvalue weighted by Gasteiger charge is -2.27. The topological polar surface area (TPSA) is 132 Å². The van der Waals surface area contributed by atoms with E-state index in [-0.39, 0.29) is 27.8 Å². The number of amides is 5. The first kappa shape index (κ1) is 31.2. The van der Waals surface area contributed by atoms with Gasteiger partial charge in [-0.25, -0.2) is 9.69 Å². The number of methoxy groups -OCH3 is 2.